The van der Waals surface area contributed by atoms with Crippen LogP contribution in [0, 0.1) is 11.7 Å². The molecule has 1 aromatic heterocycles. The SMILES string of the molecule is CC(C)CNCc1cc(-c2ccc(O)c(N3CC(=O)NS3(=O)=O)c2F)n[nH]1. The first-order chi connectivity index (χ1) is 12.7. The Balaban J connectivity index is 1.92. The van der Waals surface area contributed by atoms with E-state index in [0.717, 1.165) is 18.3 Å². The van der Waals surface area contributed by atoms with Gasteiger partial charge in [0.15, 0.2) is 5.82 Å². The Hall–Kier alpha value is -2.66. The first-order valence-electron chi connectivity index (χ1n) is 8.29. The highest BCUT2D eigenvalue weighted by Crippen LogP contribution is 2.38. The Labute approximate surface area is 155 Å². The van der Waals surface area contributed by atoms with Crippen molar-refractivity contribution in [2.75, 3.05) is 17.4 Å². The number of nitrogens with one attached hydrogen (secondary N) is 3. The summed E-state index contributed by atoms with van der Waals surface area (Å²) in [7, 11) is -4.25. The van der Waals surface area contributed by atoms with E-state index < -0.39 is 39.9 Å². The van der Waals surface area contributed by atoms with Gasteiger partial charge in [-0.25, -0.2) is 13.4 Å². The number of aromatic hydroxyl groups is 1. The average molecular weight is 397 g/mol. The van der Waals surface area contributed by atoms with Gasteiger partial charge in [0.25, 0.3) is 5.91 Å². The highest BCUT2D eigenvalue weighted by Gasteiger charge is 2.38. The van der Waals surface area contributed by atoms with Gasteiger partial charge in [-0.05, 0) is 30.7 Å². The molecule has 2 heterocycles. The Morgan fingerprint density at radius 3 is 2.78 bits per heavy atom. The number of halogens is 1. The minimum atomic E-state index is -4.25. The van der Waals surface area contributed by atoms with Crippen LogP contribution in [0.5, 0.6) is 5.75 Å². The van der Waals surface area contributed by atoms with Gasteiger partial charge < -0.3 is 10.4 Å². The van der Waals surface area contributed by atoms with Crippen LogP contribution in [0.3, 0.4) is 0 Å². The van der Waals surface area contributed by atoms with Crippen LogP contribution in [-0.4, -0.2) is 42.7 Å². The molecule has 0 radical (unpaired) electrons. The Bertz CT molecular complexity index is 973. The molecule has 1 saturated heterocycles. The summed E-state index contributed by atoms with van der Waals surface area (Å²) < 4.78 is 41.3. The molecule has 3 rings (SSSR count). The molecule has 0 bridgehead atoms. The van der Waals surface area contributed by atoms with Crippen molar-refractivity contribution in [3.63, 3.8) is 0 Å². The van der Waals surface area contributed by atoms with Gasteiger partial charge in [0.05, 0.1) is 5.69 Å². The largest absolute Gasteiger partial charge is 0.506 e. The van der Waals surface area contributed by atoms with Gasteiger partial charge in [0.2, 0.25) is 0 Å². The molecule has 4 N–H and O–H groups in total. The van der Waals surface area contributed by atoms with Crippen molar-refractivity contribution in [3.05, 3.63) is 29.7 Å². The van der Waals surface area contributed by atoms with Gasteiger partial charge in [0.1, 0.15) is 18.0 Å². The lowest BCUT2D eigenvalue weighted by Crippen LogP contribution is -2.30. The molecule has 0 saturated carbocycles. The molecule has 27 heavy (non-hydrogen) atoms. The standard InChI is InChI=1S/C16H20FN5O4S/c1-9(2)6-18-7-10-5-12(20-19-10)11-3-4-13(23)16(15(11)17)22-8-14(24)21-27(22,25)26/h3-5,9,18,23H,6-8H2,1-2H3,(H,19,20)(H,21,24). The van der Waals surface area contributed by atoms with Crippen LogP contribution in [0.25, 0.3) is 11.3 Å². The average Bonchev–Trinajstić information content (AvgIpc) is 3.11. The van der Waals surface area contributed by atoms with Crippen LogP contribution in [-0.2, 0) is 21.5 Å². The van der Waals surface area contributed by atoms with Crippen molar-refractivity contribution < 1.29 is 22.7 Å². The van der Waals surface area contributed by atoms with Crippen molar-refractivity contribution in [3.8, 4) is 17.0 Å². The van der Waals surface area contributed by atoms with Crippen molar-refractivity contribution in [2.45, 2.75) is 20.4 Å². The maximum absolute atomic E-state index is 15.0. The molecule has 1 fully saturated rings. The molecule has 11 heteroatoms. The molecule has 1 aromatic carbocycles. The summed E-state index contributed by atoms with van der Waals surface area (Å²) in [5.41, 5.74) is 0.397. The van der Waals surface area contributed by atoms with Gasteiger partial charge in [-0.3, -0.25) is 9.89 Å². The summed E-state index contributed by atoms with van der Waals surface area (Å²) in [6.07, 6.45) is 0. The maximum atomic E-state index is 15.0. The molecule has 0 atom stereocenters. The number of carbonyl (C=O) groups excluding carboxylic acids is 1. The summed E-state index contributed by atoms with van der Waals surface area (Å²) in [6.45, 7) is 4.85. The van der Waals surface area contributed by atoms with E-state index in [1.165, 1.54) is 6.07 Å². The number of hydrogen-bond acceptors (Lipinski definition) is 6. The second kappa shape index (κ2) is 7.16. The quantitative estimate of drug-likeness (QED) is 0.572. The van der Waals surface area contributed by atoms with Crippen molar-refractivity contribution in [1.82, 2.24) is 20.2 Å². The monoisotopic (exact) mass is 397 g/mol. The minimum absolute atomic E-state index is 0.00343. The van der Waals surface area contributed by atoms with Gasteiger partial charge in [0, 0.05) is 17.8 Å². The predicted octanol–water partition coefficient (Wildman–Crippen LogP) is 0.848. The number of aromatic nitrogens is 2. The van der Waals surface area contributed by atoms with Gasteiger partial charge >= 0.3 is 10.2 Å². The Morgan fingerprint density at radius 1 is 1.41 bits per heavy atom. The molecule has 0 spiro atoms. The second-order valence-corrected chi connectivity index (χ2v) is 8.23. The lowest BCUT2D eigenvalue weighted by Gasteiger charge is -2.18. The van der Waals surface area contributed by atoms with Crippen LogP contribution in [0.1, 0.15) is 19.5 Å². The number of benzene rings is 1. The normalized spacial score (nSPS) is 16.1. The van der Waals surface area contributed by atoms with Crippen molar-refractivity contribution >= 4 is 21.8 Å². The lowest BCUT2D eigenvalue weighted by atomic mass is 10.1. The molecule has 9 nitrogen and oxygen atoms in total. The van der Waals surface area contributed by atoms with Crippen molar-refractivity contribution in [1.29, 1.82) is 0 Å². The molecular weight excluding hydrogens is 377 g/mol. The number of phenolic OH excluding ortho intramolecular Hbond substituents is 1. The summed E-state index contributed by atoms with van der Waals surface area (Å²) in [5, 5.41) is 20.1. The number of amides is 1. The van der Waals surface area contributed by atoms with Crippen LogP contribution in [0.4, 0.5) is 10.1 Å². The topological polar surface area (TPSA) is 127 Å². The first-order valence-corrected chi connectivity index (χ1v) is 9.73. The first kappa shape index (κ1) is 19.1. The highest BCUT2D eigenvalue weighted by molar-refractivity contribution is 7.92. The summed E-state index contributed by atoms with van der Waals surface area (Å²) in [6, 6.07) is 4.10. The van der Waals surface area contributed by atoms with E-state index >= 15 is 4.39 Å². The van der Waals surface area contributed by atoms with Crippen LogP contribution >= 0.6 is 0 Å². The molecule has 2 aromatic rings. The summed E-state index contributed by atoms with van der Waals surface area (Å²) >= 11 is 0. The van der Waals surface area contributed by atoms with E-state index in [4.69, 9.17) is 0 Å². The number of carbonyl (C=O) groups is 1. The third-order valence-corrected chi connectivity index (χ3v) is 5.32. The maximum Gasteiger partial charge on any atom is 0.326 e. The molecule has 0 unspecified atom stereocenters. The number of phenols is 1. The zero-order chi connectivity index (χ0) is 19.8. The van der Waals surface area contributed by atoms with Crippen LogP contribution < -0.4 is 14.3 Å². The smallest absolute Gasteiger partial charge is 0.326 e. The third kappa shape index (κ3) is 3.88. The highest BCUT2D eigenvalue weighted by atomic mass is 32.2. The molecule has 146 valence electrons. The van der Waals surface area contributed by atoms with Gasteiger partial charge in [-0.15, -0.1) is 0 Å². The third-order valence-electron chi connectivity index (χ3n) is 3.94. The molecule has 0 aliphatic carbocycles. The van der Waals surface area contributed by atoms with Crippen LogP contribution in [0.2, 0.25) is 0 Å². The Kier molecular flexibility index (Phi) is 5.07. The number of aromatic amines is 1. The second-order valence-electron chi connectivity index (χ2n) is 6.63. The zero-order valence-electron chi connectivity index (χ0n) is 14.8. The number of H-pyrrole nitrogens is 1. The molecule has 1 aliphatic rings. The van der Waals surface area contributed by atoms with Gasteiger partial charge in [-0.1, -0.05) is 13.8 Å². The van der Waals surface area contributed by atoms with E-state index in [9.17, 15) is 18.3 Å². The lowest BCUT2D eigenvalue weighted by molar-refractivity contribution is -0.117. The zero-order valence-corrected chi connectivity index (χ0v) is 15.6. The number of rotatable bonds is 6. The summed E-state index contributed by atoms with van der Waals surface area (Å²) in [4.78, 5) is 11.4. The van der Waals surface area contributed by atoms with E-state index in [0.29, 0.717) is 16.8 Å². The molecular formula is C16H20FN5O4S. The fraction of sp³-hybridized carbons (Fsp3) is 0.375. The fourth-order valence-corrected chi connectivity index (χ4v) is 3.88. The number of hydrogen-bond donors (Lipinski definition) is 4. The van der Waals surface area contributed by atoms with E-state index in [-0.39, 0.29) is 11.3 Å². The van der Waals surface area contributed by atoms with E-state index in [2.05, 4.69) is 29.4 Å². The Morgan fingerprint density at radius 2 is 2.15 bits per heavy atom. The number of nitrogens with zero attached hydrogens (tertiary/aromatic N) is 2. The summed E-state index contributed by atoms with van der Waals surface area (Å²) in [5.74, 6) is -1.91. The van der Waals surface area contributed by atoms with Crippen molar-refractivity contribution in [2.24, 2.45) is 5.92 Å². The predicted molar refractivity (Wildman–Crippen MR) is 96.6 cm³/mol. The fourth-order valence-electron chi connectivity index (χ4n) is 2.72. The minimum Gasteiger partial charge on any atom is -0.506 e. The van der Waals surface area contributed by atoms with Gasteiger partial charge in [-0.2, -0.15) is 13.5 Å². The molecule has 1 amide bonds. The van der Waals surface area contributed by atoms with E-state index in [1.54, 1.807) is 10.8 Å². The number of anilines is 1. The van der Waals surface area contributed by atoms with E-state index in [1.807, 2.05) is 0 Å². The molecule has 1 aliphatic heterocycles. The van der Waals surface area contributed by atoms with Crippen LogP contribution in [0.15, 0.2) is 18.2 Å².